The van der Waals surface area contributed by atoms with Crippen molar-refractivity contribution in [3.8, 4) is 11.8 Å². The quantitative estimate of drug-likeness (QED) is 0.780. The van der Waals surface area contributed by atoms with Gasteiger partial charge in [-0.25, -0.2) is 4.79 Å². The molecule has 0 atom stereocenters. The zero-order chi connectivity index (χ0) is 13.1. The molecule has 0 amide bonds. The van der Waals surface area contributed by atoms with Crippen LogP contribution in [0, 0.1) is 0 Å². The summed E-state index contributed by atoms with van der Waals surface area (Å²) in [6, 6.07) is 0. The first-order valence-corrected chi connectivity index (χ1v) is 5.45. The summed E-state index contributed by atoms with van der Waals surface area (Å²) in [4.78, 5) is 35.2. The molecule has 0 fully saturated rings. The summed E-state index contributed by atoms with van der Waals surface area (Å²) in [6.45, 7) is 4.29. The van der Waals surface area contributed by atoms with Gasteiger partial charge in [0.25, 0.3) is 17.3 Å². The minimum atomic E-state index is -0.645. The van der Waals surface area contributed by atoms with Crippen LogP contribution < -0.4 is 20.7 Å². The van der Waals surface area contributed by atoms with Gasteiger partial charge in [-0.15, -0.1) is 0 Å². The number of fused-ring (bicyclic) bond motifs is 1. The van der Waals surface area contributed by atoms with Crippen LogP contribution in [0.5, 0.6) is 11.8 Å². The summed E-state index contributed by atoms with van der Waals surface area (Å²) >= 11 is 0. The average Bonchev–Trinajstić information content (AvgIpc) is 2.31. The number of rotatable bonds is 4. The molecule has 0 aromatic carbocycles. The maximum Gasteiger partial charge on any atom is 0.327 e. The highest BCUT2D eigenvalue weighted by atomic mass is 16.5. The van der Waals surface area contributed by atoms with Crippen molar-refractivity contribution < 1.29 is 9.47 Å². The van der Waals surface area contributed by atoms with Gasteiger partial charge in [0, 0.05) is 0 Å². The maximum atomic E-state index is 11.6. The van der Waals surface area contributed by atoms with Gasteiger partial charge in [-0.1, -0.05) is 0 Å². The Hall–Kier alpha value is -2.38. The van der Waals surface area contributed by atoms with Crippen molar-refractivity contribution in [2.24, 2.45) is 0 Å². The van der Waals surface area contributed by atoms with Crippen LogP contribution in [0.25, 0.3) is 11.2 Å². The van der Waals surface area contributed by atoms with E-state index in [1.54, 1.807) is 13.8 Å². The van der Waals surface area contributed by atoms with Crippen molar-refractivity contribution in [3.63, 3.8) is 0 Å². The Balaban J connectivity index is 2.71. The molecule has 2 rings (SSSR count). The van der Waals surface area contributed by atoms with Crippen molar-refractivity contribution in [1.29, 1.82) is 0 Å². The van der Waals surface area contributed by atoms with E-state index in [0.29, 0.717) is 13.2 Å². The van der Waals surface area contributed by atoms with Gasteiger partial charge in [0.15, 0.2) is 11.2 Å². The molecule has 0 unspecified atom stereocenters. The molecule has 0 saturated heterocycles. The SMILES string of the molecule is CCOc1nc2[nH]c(=O)[nH]c(=O)c2nc1OCC. The average molecular weight is 252 g/mol. The third-order valence-corrected chi connectivity index (χ3v) is 2.07. The van der Waals surface area contributed by atoms with Crippen LogP contribution in [0.2, 0.25) is 0 Å². The van der Waals surface area contributed by atoms with Gasteiger partial charge in [0.2, 0.25) is 0 Å². The molecule has 0 aliphatic carbocycles. The van der Waals surface area contributed by atoms with E-state index in [2.05, 4.69) is 19.9 Å². The molecule has 2 aromatic rings. The maximum absolute atomic E-state index is 11.6. The van der Waals surface area contributed by atoms with Crippen LogP contribution in [0.4, 0.5) is 0 Å². The van der Waals surface area contributed by atoms with Gasteiger partial charge in [-0.3, -0.25) is 14.8 Å². The summed E-state index contributed by atoms with van der Waals surface area (Å²) in [5.74, 6) is 0.275. The van der Waals surface area contributed by atoms with Crippen molar-refractivity contribution in [3.05, 3.63) is 20.8 Å². The lowest BCUT2D eigenvalue weighted by Crippen LogP contribution is -2.23. The van der Waals surface area contributed by atoms with Gasteiger partial charge in [-0.05, 0) is 13.8 Å². The second-order valence-corrected chi connectivity index (χ2v) is 3.31. The van der Waals surface area contributed by atoms with Crippen molar-refractivity contribution in [2.45, 2.75) is 13.8 Å². The normalized spacial score (nSPS) is 10.6. The monoisotopic (exact) mass is 252 g/mol. The van der Waals surface area contributed by atoms with Crippen LogP contribution in [0.1, 0.15) is 13.8 Å². The van der Waals surface area contributed by atoms with Gasteiger partial charge in [-0.2, -0.15) is 9.97 Å². The Morgan fingerprint density at radius 3 is 2.22 bits per heavy atom. The van der Waals surface area contributed by atoms with Crippen LogP contribution in [0.3, 0.4) is 0 Å². The zero-order valence-corrected chi connectivity index (χ0v) is 9.94. The summed E-state index contributed by atoms with van der Waals surface area (Å²) < 4.78 is 10.5. The molecule has 0 saturated carbocycles. The number of nitrogens with one attached hydrogen (secondary N) is 2. The Bertz CT molecular complexity index is 676. The number of hydrogen-bond acceptors (Lipinski definition) is 6. The minimum Gasteiger partial charge on any atom is -0.474 e. The van der Waals surface area contributed by atoms with Gasteiger partial charge >= 0.3 is 5.69 Å². The Kier molecular flexibility index (Phi) is 3.26. The lowest BCUT2D eigenvalue weighted by Gasteiger charge is -2.08. The highest BCUT2D eigenvalue weighted by Crippen LogP contribution is 2.23. The van der Waals surface area contributed by atoms with Crippen LogP contribution in [-0.4, -0.2) is 33.1 Å². The van der Waals surface area contributed by atoms with Crippen LogP contribution in [-0.2, 0) is 0 Å². The number of nitrogens with zero attached hydrogens (tertiary/aromatic N) is 2. The Morgan fingerprint density at radius 1 is 1.00 bits per heavy atom. The van der Waals surface area contributed by atoms with Crippen molar-refractivity contribution in [2.75, 3.05) is 13.2 Å². The van der Waals surface area contributed by atoms with Crippen LogP contribution >= 0.6 is 0 Å². The molecule has 8 heteroatoms. The fourth-order valence-electron chi connectivity index (χ4n) is 1.41. The van der Waals surface area contributed by atoms with Crippen molar-refractivity contribution in [1.82, 2.24) is 19.9 Å². The number of H-pyrrole nitrogens is 2. The Labute approximate surface area is 101 Å². The predicted molar refractivity (Wildman–Crippen MR) is 63.1 cm³/mol. The molecule has 8 nitrogen and oxygen atoms in total. The summed E-state index contributed by atoms with van der Waals surface area (Å²) in [5.41, 5.74) is -1.20. The Morgan fingerprint density at radius 2 is 1.61 bits per heavy atom. The molecule has 18 heavy (non-hydrogen) atoms. The molecule has 0 bridgehead atoms. The van der Waals surface area contributed by atoms with E-state index in [0.717, 1.165) is 0 Å². The summed E-state index contributed by atoms with van der Waals surface area (Å²) in [6.07, 6.45) is 0. The molecular weight excluding hydrogens is 240 g/mol. The molecule has 0 aliphatic rings. The third-order valence-electron chi connectivity index (χ3n) is 2.07. The number of ether oxygens (including phenoxy) is 2. The second kappa shape index (κ2) is 4.86. The minimum absolute atomic E-state index is 0.00139. The number of aromatic amines is 2. The number of hydrogen-bond donors (Lipinski definition) is 2. The summed E-state index contributed by atoms with van der Waals surface area (Å²) in [7, 11) is 0. The van der Waals surface area contributed by atoms with E-state index in [9.17, 15) is 9.59 Å². The zero-order valence-electron chi connectivity index (χ0n) is 9.94. The van der Waals surface area contributed by atoms with Gasteiger partial charge in [0.05, 0.1) is 13.2 Å². The molecule has 2 heterocycles. The first-order valence-electron chi connectivity index (χ1n) is 5.45. The van der Waals surface area contributed by atoms with Crippen molar-refractivity contribution >= 4 is 11.2 Å². The highest BCUT2D eigenvalue weighted by molar-refractivity contribution is 5.69. The molecule has 0 radical (unpaired) electrons. The molecule has 0 aliphatic heterocycles. The largest absolute Gasteiger partial charge is 0.474 e. The molecule has 96 valence electrons. The first kappa shape index (κ1) is 12.1. The number of aromatic nitrogens is 4. The molecular formula is C10H12N4O4. The standard InChI is InChI=1S/C10H12N4O4/c1-3-17-8-9(18-4-2)12-6-5(11-8)7(15)14-10(16)13-6/h3-4H2,1-2H3,(H2,12,13,14,15,16). The predicted octanol–water partition coefficient (Wildman–Crippen LogP) is -0.196. The first-order chi connectivity index (χ1) is 8.65. The van der Waals surface area contributed by atoms with Gasteiger partial charge in [0.1, 0.15) is 0 Å². The topological polar surface area (TPSA) is 110 Å². The van der Waals surface area contributed by atoms with E-state index in [1.807, 2.05) is 0 Å². The molecule has 2 aromatic heterocycles. The van der Waals surface area contributed by atoms with Crippen LogP contribution in [0.15, 0.2) is 9.59 Å². The van der Waals surface area contributed by atoms with E-state index in [1.165, 1.54) is 0 Å². The van der Waals surface area contributed by atoms with E-state index in [-0.39, 0.29) is 22.9 Å². The lowest BCUT2D eigenvalue weighted by atomic mass is 10.5. The molecule has 0 spiro atoms. The fraction of sp³-hybridized carbons (Fsp3) is 0.400. The second-order valence-electron chi connectivity index (χ2n) is 3.31. The fourth-order valence-corrected chi connectivity index (χ4v) is 1.41. The summed E-state index contributed by atoms with van der Waals surface area (Å²) in [5, 5.41) is 0. The van der Waals surface area contributed by atoms with Gasteiger partial charge < -0.3 is 9.47 Å². The van der Waals surface area contributed by atoms with E-state index < -0.39 is 11.2 Å². The third kappa shape index (κ3) is 2.17. The van der Waals surface area contributed by atoms with E-state index in [4.69, 9.17) is 9.47 Å². The van der Waals surface area contributed by atoms with E-state index >= 15 is 0 Å². The smallest absolute Gasteiger partial charge is 0.327 e. The molecule has 2 N–H and O–H groups in total. The highest BCUT2D eigenvalue weighted by Gasteiger charge is 2.13. The lowest BCUT2D eigenvalue weighted by molar-refractivity contribution is 0.270.